The maximum atomic E-state index is 12.1. The maximum absolute atomic E-state index is 12.1. The van der Waals surface area contributed by atoms with Crippen LogP contribution in [0.3, 0.4) is 0 Å². The second-order valence-corrected chi connectivity index (χ2v) is 17.0. The van der Waals surface area contributed by atoms with Gasteiger partial charge in [-0.05, 0) is 104 Å². The summed E-state index contributed by atoms with van der Waals surface area (Å²) < 4.78 is 51.1. The van der Waals surface area contributed by atoms with E-state index in [1.807, 2.05) is 13.8 Å². The van der Waals surface area contributed by atoms with E-state index < -0.39 is 76.7 Å². The zero-order chi connectivity index (χ0) is 33.2. The number of hydrogen-bond donors (Lipinski definition) is 7. The van der Waals surface area contributed by atoms with E-state index in [1.165, 1.54) is 0 Å². The average molecular weight is 665 g/mol. The summed E-state index contributed by atoms with van der Waals surface area (Å²) in [7, 11) is -4.79. The molecule has 45 heavy (non-hydrogen) atoms. The van der Waals surface area contributed by atoms with Crippen molar-refractivity contribution in [2.24, 2.45) is 52.3 Å². The highest BCUT2D eigenvalue weighted by Gasteiger charge is 2.68. The molecule has 0 bridgehead atoms. The van der Waals surface area contributed by atoms with E-state index in [2.05, 4.69) is 20.8 Å². The summed E-state index contributed by atoms with van der Waals surface area (Å²) in [5.74, 6) is -1.01. The number of ether oxygens (including phenoxy) is 2. The Morgan fingerprint density at radius 3 is 2.16 bits per heavy atom. The first-order valence-electron chi connectivity index (χ1n) is 16.9. The fraction of sp³-hybridized carbons (Fsp3) is 1.00. The van der Waals surface area contributed by atoms with Crippen molar-refractivity contribution in [2.45, 2.75) is 141 Å². The number of rotatable bonds is 9. The summed E-state index contributed by atoms with van der Waals surface area (Å²) in [6.45, 7) is 10.2. The van der Waals surface area contributed by atoms with Crippen molar-refractivity contribution in [1.82, 2.24) is 0 Å². The van der Waals surface area contributed by atoms with Gasteiger partial charge >= 0.3 is 10.4 Å². The molecule has 0 aromatic carbocycles. The molecule has 1 unspecified atom stereocenters. The molecule has 5 aliphatic rings. The molecule has 1 heterocycles. The first-order chi connectivity index (χ1) is 20.9. The van der Waals surface area contributed by atoms with Gasteiger partial charge in [-0.3, -0.25) is 4.55 Å². The van der Waals surface area contributed by atoms with E-state index in [0.717, 1.165) is 12.8 Å². The fourth-order valence-corrected chi connectivity index (χ4v) is 11.2. The normalized spacial score (nSPS) is 50.0. The van der Waals surface area contributed by atoms with E-state index in [-0.39, 0.29) is 47.7 Å². The quantitative estimate of drug-likeness (QED) is 0.176. The van der Waals surface area contributed by atoms with Gasteiger partial charge in [0.2, 0.25) is 0 Å². The topological polar surface area (TPSA) is 203 Å². The molecule has 12 nitrogen and oxygen atoms in total. The van der Waals surface area contributed by atoms with Gasteiger partial charge in [0.15, 0.2) is 6.29 Å². The third kappa shape index (κ3) is 6.62. The average Bonchev–Trinajstić information content (AvgIpc) is 3.24. The van der Waals surface area contributed by atoms with Gasteiger partial charge in [-0.15, -0.1) is 0 Å². The Morgan fingerprint density at radius 1 is 0.844 bits per heavy atom. The largest absolute Gasteiger partial charge is 0.397 e. The molecule has 4 saturated carbocycles. The summed E-state index contributed by atoms with van der Waals surface area (Å²) in [5, 5.41) is 63.9. The molecular formula is C32H56O12S. The molecule has 262 valence electrons. The van der Waals surface area contributed by atoms with Crippen LogP contribution in [0.25, 0.3) is 0 Å². The van der Waals surface area contributed by atoms with Crippen molar-refractivity contribution in [3.05, 3.63) is 0 Å². The van der Waals surface area contributed by atoms with Crippen LogP contribution in [0, 0.1) is 52.3 Å². The van der Waals surface area contributed by atoms with Crippen molar-refractivity contribution in [3.8, 4) is 0 Å². The van der Waals surface area contributed by atoms with Gasteiger partial charge in [0.1, 0.15) is 18.3 Å². The lowest BCUT2D eigenvalue weighted by molar-refractivity contribution is -0.286. The van der Waals surface area contributed by atoms with Crippen molar-refractivity contribution >= 4 is 10.4 Å². The first kappa shape index (κ1) is 35.8. The molecule has 13 heteroatoms. The van der Waals surface area contributed by atoms with Crippen LogP contribution in [0.1, 0.15) is 86.0 Å². The van der Waals surface area contributed by atoms with Gasteiger partial charge in [0.05, 0.1) is 37.1 Å². The van der Waals surface area contributed by atoms with Crippen molar-refractivity contribution in [2.75, 3.05) is 6.61 Å². The molecule has 0 radical (unpaired) electrons. The summed E-state index contributed by atoms with van der Waals surface area (Å²) in [6, 6.07) is 0. The van der Waals surface area contributed by atoms with Crippen molar-refractivity contribution < 1.29 is 57.3 Å². The van der Waals surface area contributed by atoms with Gasteiger partial charge < -0.3 is 40.1 Å². The van der Waals surface area contributed by atoms with Crippen LogP contribution in [0.15, 0.2) is 0 Å². The Kier molecular flexibility index (Phi) is 10.4. The third-order valence-corrected chi connectivity index (χ3v) is 13.6. The van der Waals surface area contributed by atoms with E-state index in [9.17, 15) is 43.6 Å². The molecule has 4 aliphatic carbocycles. The molecule has 5 rings (SSSR count). The lowest BCUT2D eigenvalue weighted by Crippen LogP contribution is -2.65. The van der Waals surface area contributed by atoms with Crippen LogP contribution in [-0.4, -0.2) is 105 Å². The Labute approximate surface area is 267 Å². The van der Waals surface area contributed by atoms with Gasteiger partial charge in [0.25, 0.3) is 0 Å². The second kappa shape index (κ2) is 13.1. The van der Waals surface area contributed by atoms with Gasteiger partial charge in [-0.2, -0.15) is 8.42 Å². The molecule has 0 aromatic rings. The monoisotopic (exact) mass is 664 g/mol. The minimum Gasteiger partial charge on any atom is -0.393 e. The Hall–Kier alpha value is -0.450. The number of fused-ring (bicyclic) bond motifs is 5. The smallest absolute Gasteiger partial charge is 0.393 e. The number of aliphatic hydroxyl groups is 6. The van der Waals surface area contributed by atoms with Crippen molar-refractivity contribution in [3.63, 3.8) is 0 Å². The fourth-order valence-electron chi connectivity index (χ4n) is 10.7. The molecule has 17 atom stereocenters. The summed E-state index contributed by atoms with van der Waals surface area (Å²) in [4.78, 5) is 0. The SMILES string of the molecule is CC(C)[C@H](CC[C@@H](C)[C@H]1C[C@H](OS(=O)(=O)O)[C@H]2[C@@H]3[C@H](O)[C@H](O)C4C[C@@H](O)CC[C@]4(C)[C@H]3CC[C@@]21C)O[C@@H]1OC[C@@H](O)[C@H](O)[C@H]1O. The highest BCUT2D eigenvalue weighted by molar-refractivity contribution is 7.80. The second-order valence-electron chi connectivity index (χ2n) is 15.9. The molecular weight excluding hydrogens is 608 g/mol. The van der Waals surface area contributed by atoms with E-state index in [4.69, 9.17) is 13.7 Å². The van der Waals surface area contributed by atoms with Crippen LogP contribution in [0.5, 0.6) is 0 Å². The number of aliphatic hydroxyl groups excluding tert-OH is 6. The lowest BCUT2D eigenvalue weighted by Gasteiger charge is -2.64. The van der Waals surface area contributed by atoms with E-state index in [1.54, 1.807) is 0 Å². The summed E-state index contributed by atoms with van der Waals surface area (Å²) >= 11 is 0. The van der Waals surface area contributed by atoms with Crippen LogP contribution in [-0.2, 0) is 24.1 Å². The van der Waals surface area contributed by atoms with Gasteiger partial charge in [-0.25, -0.2) is 4.18 Å². The molecule has 0 spiro atoms. The Morgan fingerprint density at radius 2 is 1.51 bits per heavy atom. The first-order valence-corrected chi connectivity index (χ1v) is 18.3. The van der Waals surface area contributed by atoms with Crippen molar-refractivity contribution in [1.29, 1.82) is 0 Å². The van der Waals surface area contributed by atoms with Crippen LogP contribution in [0.2, 0.25) is 0 Å². The molecule has 7 N–H and O–H groups in total. The molecule has 0 aromatic heterocycles. The van der Waals surface area contributed by atoms with E-state index in [0.29, 0.717) is 38.5 Å². The Balaban J connectivity index is 1.37. The number of hydrogen-bond acceptors (Lipinski definition) is 11. The summed E-state index contributed by atoms with van der Waals surface area (Å²) in [5.41, 5.74) is -0.765. The Bertz CT molecular complexity index is 1140. The lowest BCUT2D eigenvalue weighted by atomic mass is 9.43. The standard InChI is InChI=1S/C32H56O12S/c1-15(2)22(43-30-29(38)27(36)21(34)14-42-30)7-6-16(3)19-13-23(44-45(39,40)41)25-24-18(9-11-32(19,25)5)31(4)10-8-17(33)12-20(31)26(35)28(24)37/h15-30,33-38H,6-14H2,1-5H3,(H,39,40,41)/t16-,17+,18+,19-,20?,21-,22+,23+,24-,25+,26-,27+,28+,29-,30+,31-,32-/m1/s1. The van der Waals surface area contributed by atoms with E-state index >= 15 is 0 Å². The summed E-state index contributed by atoms with van der Waals surface area (Å²) in [6.07, 6.45) is -3.91. The zero-order valence-electron chi connectivity index (χ0n) is 27.2. The minimum atomic E-state index is -4.79. The maximum Gasteiger partial charge on any atom is 0.397 e. The molecule has 0 amide bonds. The zero-order valence-corrected chi connectivity index (χ0v) is 28.0. The van der Waals surface area contributed by atoms with Gasteiger partial charge in [0, 0.05) is 0 Å². The van der Waals surface area contributed by atoms with Crippen LogP contribution >= 0.6 is 0 Å². The molecule has 1 aliphatic heterocycles. The molecule has 5 fully saturated rings. The van der Waals surface area contributed by atoms with Crippen LogP contribution in [0.4, 0.5) is 0 Å². The predicted molar refractivity (Wildman–Crippen MR) is 162 cm³/mol. The third-order valence-electron chi connectivity index (χ3n) is 13.1. The van der Waals surface area contributed by atoms with Crippen LogP contribution < -0.4 is 0 Å². The van der Waals surface area contributed by atoms with Gasteiger partial charge in [-0.1, -0.05) is 34.6 Å². The minimum absolute atomic E-state index is 0.00235. The predicted octanol–water partition coefficient (Wildman–Crippen LogP) is 1.64. The highest BCUT2D eigenvalue weighted by Crippen LogP contribution is 2.69. The molecule has 1 saturated heterocycles. The highest BCUT2D eigenvalue weighted by atomic mass is 32.3.